The second-order valence-electron chi connectivity index (χ2n) is 5.66. The van der Waals surface area contributed by atoms with Crippen LogP contribution in [-0.4, -0.2) is 11.7 Å². The van der Waals surface area contributed by atoms with Crippen LogP contribution in [0.4, 0.5) is 0 Å². The van der Waals surface area contributed by atoms with Gasteiger partial charge in [0.25, 0.3) is 0 Å². The summed E-state index contributed by atoms with van der Waals surface area (Å²) in [5, 5.41) is 8.66. The van der Waals surface area contributed by atoms with Crippen LogP contribution in [0.2, 0.25) is 0 Å². The van der Waals surface area contributed by atoms with Crippen LogP contribution in [0, 0.1) is 0 Å². The number of unbranched alkanes of at least 4 members (excludes halogenated alkanes) is 12. The molecule has 0 amide bonds. The minimum Gasteiger partial charge on any atom is -0.396 e. The van der Waals surface area contributed by atoms with Gasteiger partial charge in [0.1, 0.15) is 0 Å². The summed E-state index contributed by atoms with van der Waals surface area (Å²) in [7, 11) is 0. The zero-order valence-corrected chi connectivity index (χ0v) is 13.2. The summed E-state index contributed by atoms with van der Waals surface area (Å²) in [5.74, 6) is 0. The third-order valence-corrected chi connectivity index (χ3v) is 3.67. The van der Waals surface area contributed by atoms with Crippen molar-refractivity contribution >= 4 is 0 Å². The average Bonchev–Trinajstić information content (AvgIpc) is 2.43. The molecule has 0 aromatic heterocycles. The zero-order chi connectivity index (χ0) is 14.0. The van der Waals surface area contributed by atoms with Crippen molar-refractivity contribution < 1.29 is 5.11 Å². The van der Waals surface area contributed by atoms with Crippen LogP contribution in [-0.2, 0) is 0 Å². The van der Waals surface area contributed by atoms with Crippen molar-refractivity contribution in [3.8, 4) is 0 Å². The van der Waals surface area contributed by atoms with Gasteiger partial charge < -0.3 is 5.11 Å². The van der Waals surface area contributed by atoms with E-state index < -0.39 is 0 Å². The molecule has 0 atom stereocenters. The Morgan fingerprint density at radius 3 is 1.47 bits per heavy atom. The van der Waals surface area contributed by atoms with Gasteiger partial charge in [0.2, 0.25) is 0 Å². The maximum absolute atomic E-state index is 8.66. The summed E-state index contributed by atoms with van der Waals surface area (Å²) in [4.78, 5) is 0. The molecule has 0 aliphatic heterocycles. The third-order valence-electron chi connectivity index (χ3n) is 3.67. The van der Waals surface area contributed by atoms with Gasteiger partial charge in [-0.25, -0.2) is 0 Å². The minimum absolute atomic E-state index is 0.362. The molecular weight excluding hydrogens is 232 g/mol. The predicted molar refractivity (Wildman–Crippen MR) is 86.5 cm³/mol. The molecule has 0 spiro atoms. The fourth-order valence-electron chi connectivity index (χ4n) is 2.36. The van der Waals surface area contributed by atoms with Crippen molar-refractivity contribution in [1.82, 2.24) is 0 Å². The first-order valence-corrected chi connectivity index (χ1v) is 8.67. The molecule has 0 heterocycles. The van der Waals surface area contributed by atoms with Crippen LogP contribution in [0.15, 0.2) is 12.2 Å². The van der Waals surface area contributed by atoms with Gasteiger partial charge in [0.05, 0.1) is 0 Å². The Balaban J connectivity index is 3.01. The van der Waals surface area contributed by atoms with Crippen molar-refractivity contribution in [2.24, 2.45) is 0 Å². The van der Waals surface area contributed by atoms with Gasteiger partial charge in [0.15, 0.2) is 0 Å². The van der Waals surface area contributed by atoms with Crippen molar-refractivity contribution in [3.63, 3.8) is 0 Å². The van der Waals surface area contributed by atoms with Crippen LogP contribution in [0.1, 0.15) is 96.8 Å². The highest BCUT2D eigenvalue weighted by Gasteiger charge is 1.90. The number of allylic oxidation sites excluding steroid dienone is 2. The van der Waals surface area contributed by atoms with E-state index in [9.17, 15) is 0 Å². The Bertz CT molecular complexity index is 175. The first-order chi connectivity index (χ1) is 9.41. The van der Waals surface area contributed by atoms with Crippen LogP contribution in [0.25, 0.3) is 0 Å². The highest BCUT2D eigenvalue weighted by molar-refractivity contribution is 4.81. The van der Waals surface area contributed by atoms with Crippen molar-refractivity contribution in [1.29, 1.82) is 0 Å². The lowest BCUT2D eigenvalue weighted by atomic mass is 10.1. The first kappa shape index (κ1) is 18.7. The van der Waals surface area contributed by atoms with E-state index in [1.807, 2.05) is 0 Å². The van der Waals surface area contributed by atoms with Gasteiger partial charge in [-0.05, 0) is 32.1 Å². The third kappa shape index (κ3) is 17.7. The fourth-order valence-corrected chi connectivity index (χ4v) is 2.36. The van der Waals surface area contributed by atoms with E-state index in [1.54, 1.807) is 0 Å². The van der Waals surface area contributed by atoms with Gasteiger partial charge in [0, 0.05) is 6.61 Å². The van der Waals surface area contributed by atoms with Crippen molar-refractivity contribution in [2.45, 2.75) is 96.8 Å². The number of aliphatic hydroxyl groups excluding tert-OH is 1. The van der Waals surface area contributed by atoms with E-state index in [2.05, 4.69) is 19.1 Å². The quantitative estimate of drug-likeness (QED) is 0.284. The number of hydrogen-bond acceptors (Lipinski definition) is 1. The highest BCUT2D eigenvalue weighted by Crippen LogP contribution is 2.09. The van der Waals surface area contributed by atoms with E-state index in [0.29, 0.717) is 6.61 Å². The number of hydrogen-bond donors (Lipinski definition) is 1. The molecule has 1 nitrogen and oxygen atoms in total. The summed E-state index contributed by atoms with van der Waals surface area (Å²) >= 11 is 0. The van der Waals surface area contributed by atoms with Crippen LogP contribution < -0.4 is 0 Å². The molecule has 114 valence electrons. The molecule has 1 heteroatoms. The molecule has 0 rings (SSSR count). The maximum atomic E-state index is 8.66. The molecule has 0 radical (unpaired) electrons. The lowest BCUT2D eigenvalue weighted by molar-refractivity contribution is 0.282. The zero-order valence-electron chi connectivity index (χ0n) is 13.2. The molecule has 0 aliphatic carbocycles. The molecule has 0 bridgehead atoms. The van der Waals surface area contributed by atoms with Crippen LogP contribution in [0.5, 0.6) is 0 Å². The highest BCUT2D eigenvalue weighted by atomic mass is 16.2. The molecule has 0 saturated carbocycles. The largest absolute Gasteiger partial charge is 0.396 e. The molecule has 0 unspecified atom stereocenters. The topological polar surface area (TPSA) is 20.2 Å². The molecule has 0 saturated heterocycles. The summed E-state index contributed by atoms with van der Waals surface area (Å²) in [6.07, 6.45) is 23.2. The van der Waals surface area contributed by atoms with Crippen LogP contribution >= 0.6 is 0 Å². The normalized spacial score (nSPS) is 11.5. The first-order valence-electron chi connectivity index (χ1n) is 8.67. The Hall–Kier alpha value is -0.300. The smallest absolute Gasteiger partial charge is 0.0431 e. The Labute approximate surface area is 121 Å². The lowest BCUT2D eigenvalue weighted by Gasteiger charge is -1.99. The molecule has 1 N–H and O–H groups in total. The SMILES string of the molecule is CCCCCCCCC=CCCCCCCCCO. The molecule has 0 aromatic rings. The van der Waals surface area contributed by atoms with Gasteiger partial charge in [-0.3, -0.25) is 0 Å². The summed E-state index contributed by atoms with van der Waals surface area (Å²) in [6, 6.07) is 0. The lowest BCUT2D eigenvalue weighted by Crippen LogP contribution is -1.83. The van der Waals surface area contributed by atoms with Gasteiger partial charge in [-0.2, -0.15) is 0 Å². The molecule has 0 aromatic carbocycles. The monoisotopic (exact) mass is 268 g/mol. The fraction of sp³-hybridized carbons (Fsp3) is 0.889. The second kappa shape index (κ2) is 17.7. The molecule has 0 fully saturated rings. The van der Waals surface area contributed by atoms with Crippen LogP contribution in [0.3, 0.4) is 0 Å². The summed E-state index contributed by atoms with van der Waals surface area (Å²) < 4.78 is 0. The van der Waals surface area contributed by atoms with Crippen molar-refractivity contribution in [2.75, 3.05) is 6.61 Å². The molecule has 19 heavy (non-hydrogen) atoms. The van der Waals surface area contributed by atoms with Crippen molar-refractivity contribution in [3.05, 3.63) is 12.2 Å². The number of aliphatic hydroxyl groups is 1. The van der Waals surface area contributed by atoms with Gasteiger partial charge in [-0.15, -0.1) is 0 Å². The van der Waals surface area contributed by atoms with E-state index in [0.717, 1.165) is 6.42 Å². The second-order valence-corrected chi connectivity index (χ2v) is 5.66. The average molecular weight is 268 g/mol. The number of rotatable bonds is 15. The summed E-state index contributed by atoms with van der Waals surface area (Å²) in [6.45, 7) is 2.64. The molecule has 0 aliphatic rings. The standard InChI is InChI=1S/C18H36O/c1-2-3-4-5-6-7-8-9-10-11-12-13-14-15-16-17-18-19/h9-10,19H,2-8,11-18H2,1H3. The minimum atomic E-state index is 0.362. The van der Waals surface area contributed by atoms with E-state index in [4.69, 9.17) is 5.11 Å². The Kier molecular flexibility index (Phi) is 17.4. The van der Waals surface area contributed by atoms with Gasteiger partial charge in [-0.1, -0.05) is 76.9 Å². The Morgan fingerprint density at radius 2 is 1.00 bits per heavy atom. The van der Waals surface area contributed by atoms with E-state index >= 15 is 0 Å². The van der Waals surface area contributed by atoms with E-state index in [1.165, 1.54) is 83.5 Å². The maximum Gasteiger partial charge on any atom is 0.0431 e. The van der Waals surface area contributed by atoms with Gasteiger partial charge >= 0.3 is 0 Å². The molecular formula is C18H36O. The predicted octanol–water partition coefficient (Wildman–Crippen LogP) is 6.02. The van der Waals surface area contributed by atoms with E-state index in [-0.39, 0.29) is 0 Å². The Morgan fingerprint density at radius 1 is 0.579 bits per heavy atom. The summed E-state index contributed by atoms with van der Waals surface area (Å²) in [5.41, 5.74) is 0.